The van der Waals surface area contributed by atoms with E-state index in [1.54, 1.807) is 0 Å². The van der Waals surface area contributed by atoms with Crippen molar-refractivity contribution < 1.29 is 22.4 Å². The van der Waals surface area contributed by atoms with Crippen molar-refractivity contribution in [2.75, 3.05) is 16.8 Å². The van der Waals surface area contributed by atoms with Crippen LogP contribution >= 0.6 is 0 Å². The van der Waals surface area contributed by atoms with Crippen molar-refractivity contribution in [2.45, 2.75) is 24.8 Å². The van der Waals surface area contributed by atoms with Gasteiger partial charge in [-0.2, -0.15) is 0 Å². The fourth-order valence-corrected chi connectivity index (χ4v) is 4.56. The molecular weight excluding hydrogens is 311 g/mol. The second-order valence-corrected chi connectivity index (χ2v) is 7.87. The maximum atomic E-state index is 13.2. The Balaban J connectivity index is 1.80. The maximum absolute atomic E-state index is 13.2. The average molecular weight is 326 g/mol. The number of amides is 2. The highest BCUT2D eigenvalue weighted by molar-refractivity contribution is 7.91. The molecule has 0 radical (unpaired) electrons. The summed E-state index contributed by atoms with van der Waals surface area (Å²) < 4.78 is 36.1. The quantitative estimate of drug-likeness (QED) is 0.830. The van der Waals surface area contributed by atoms with Crippen LogP contribution in [-0.2, 0) is 19.4 Å². The molecule has 2 amide bonds. The molecule has 0 saturated carbocycles. The van der Waals surface area contributed by atoms with Gasteiger partial charge in [0, 0.05) is 18.2 Å². The van der Waals surface area contributed by atoms with E-state index in [1.165, 1.54) is 18.2 Å². The van der Waals surface area contributed by atoms with Gasteiger partial charge in [0.2, 0.25) is 11.8 Å². The van der Waals surface area contributed by atoms with Crippen LogP contribution in [0.5, 0.6) is 0 Å². The Kier molecular flexibility index (Phi) is 3.64. The van der Waals surface area contributed by atoms with Crippen LogP contribution in [0.1, 0.15) is 24.3 Å². The van der Waals surface area contributed by atoms with E-state index in [1.807, 2.05) is 0 Å². The first-order valence-corrected chi connectivity index (χ1v) is 8.76. The lowest BCUT2D eigenvalue weighted by Crippen LogP contribution is -2.41. The number of carbonyl (C=O) groups is 2. The highest BCUT2D eigenvalue weighted by atomic mass is 32.2. The number of fused-ring (bicyclic) bond motifs is 1. The van der Waals surface area contributed by atoms with Gasteiger partial charge >= 0.3 is 0 Å². The number of rotatable bonds is 2. The van der Waals surface area contributed by atoms with Crippen LogP contribution in [0.4, 0.5) is 10.1 Å². The van der Waals surface area contributed by atoms with Gasteiger partial charge in [0.25, 0.3) is 0 Å². The van der Waals surface area contributed by atoms with E-state index in [4.69, 9.17) is 0 Å². The first-order valence-electron chi connectivity index (χ1n) is 6.94. The van der Waals surface area contributed by atoms with Crippen molar-refractivity contribution in [3.05, 3.63) is 29.6 Å². The molecule has 1 aromatic carbocycles. The van der Waals surface area contributed by atoms with Crippen LogP contribution in [0.2, 0.25) is 0 Å². The van der Waals surface area contributed by atoms with Gasteiger partial charge in [-0.3, -0.25) is 9.59 Å². The van der Waals surface area contributed by atoms with Crippen LogP contribution in [0, 0.1) is 5.82 Å². The van der Waals surface area contributed by atoms with Gasteiger partial charge in [0.1, 0.15) is 5.82 Å². The van der Waals surface area contributed by atoms with Crippen LogP contribution in [0.25, 0.3) is 0 Å². The molecule has 1 fully saturated rings. The molecule has 1 aromatic rings. The summed E-state index contributed by atoms with van der Waals surface area (Å²) in [5.74, 6) is -2.00. The lowest BCUT2D eigenvalue weighted by atomic mass is 9.89. The number of carbonyl (C=O) groups excluding carboxylic acids is 2. The Hall–Kier alpha value is -1.96. The molecule has 2 unspecified atom stereocenters. The fraction of sp³-hybridized carbons (Fsp3) is 0.429. The Morgan fingerprint density at radius 3 is 2.82 bits per heavy atom. The average Bonchev–Trinajstić information content (AvgIpc) is 2.76. The van der Waals surface area contributed by atoms with E-state index in [2.05, 4.69) is 10.6 Å². The van der Waals surface area contributed by atoms with Gasteiger partial charge in [-0.05, 0) is 24.1 Å². The molecule has 6 nitrogen and oxygen atoms in total. The number of sulfone groups is 1. The monoisotopic (exact) mass is 326 g/mol. The molecule has 22 heavy (non-hydrogen) atoms. The highest BCUT2D eigenvalue weighted by Crippen LogP contribution is 2.33. The molecule has 2 N–H and O–H groups in total. The van der Waals surface area contributed by atoms with Crippen molar-refractivity contribution in [3.8, 4) is 0 Å². The summed E-state index contributed by atoms with van der Waals surface area (Å²) in [4.78, 5) is 24.1. The largest absolute Gasteiger partial charge is 0.352 e. The topological polar surface area (TPSA) is 92.3 Å². The summed E-state index contributed by atoms with van der Waals surface area (Å²) in [5, 5.41) is 5.23. The van der Waals surface area contributed by atoms with E-state index in [-0.39, 0.29) is 29.5 Å². The van der Waals surface area contributed by atoms with Crippen molar-refractivity contribution >= 4 is 27.3 Å². The zero-order valence-electron chi connectivity index (χ0n) is 11.6. The first-order chi connectivity index (χ1) is 10.3. The second kappa shape index (κ2) is 5.35. The highest BCUT2D eigenvalue weighted by Gasteiger charge is 2.34. The SMILES string of the molecule is O=C1CC(C(=O)NC2CCS(=O)(=O)C2)c2ccc(F)cc2N1. The smallest absolute Gasteiger partial charge is 0.228 e. The van der Waals surface area contributed by atoms with Crippen LogP contribution in [-0.4, -0.2) is 37.8 Å². The van der Waals surface area contributed by atoms with E-state index >= 15 is 0 Å². The zero-order chi connectivity index (χ0) is 15.9. The van der Waals surface area contributed by atoms with Crippen molar-refractivity contribution in [3.63, 3.8) is 0 Å². The summed E-state index contributed by atoms with van der Waals surface area (Å²) in [7, 11) is -3.09. The predicted molar refractivity (Wildman–Crippen MR) is 77.6 cm³/mol. The van der Waals surface area contributed by atoms with E-state index in [0.29, 0.717) is 12.0 Å². The number of anilines is 1. The molecule has 0 aliphatic carbocycles. The fourth-order valence-electron chi connectivity index (χ4n) is 2.88. The number of benzene rings is 1. The van der Waals surface area contributed by atoms with Crippen LogP contribution in [0.15, 0.2) is 18.2 Å². The Morgan fingerprint density at radius 2 is 2.14 bits per heavy atom. The van der Waals surface area contributed by atoms with Crippen molar-refractivity contribution in [1.82, 2.24) is 5.32 Å². The molecule has 8 heteroatoms. The van der Waals surface area contributed by atoms with Crippen LogP contribution in [0.3, 0.4) is 0 Å². The third-order valence-electron chi connectivity index (χ3n) is 3.95. The molecular formula is C14H15FN2O4S. The van der Waals surface area contributed by atoms with Gasteiger partial charge in [-0.25, -0.2) is 12.8 Å². The second-order valence-electron chi connectivity index (χ2n) is 5.65. The van der Waals surface area contributed by atoms with E-state index in [0.717, 1.165) is 0 Å². The van der Waals surface area contributed by atoms with E-state index in [9.17, 15) is 22.4 Å². The molecule has 3 rings (SSSR count). The molecule has 0 spiro atoms. The van der Waals surface area contributed by atoms with Gasteiger partial charge < -0.3 is 10.6 Å². The summed E-state index contributed by atoms with van der Waals surface area (Å²) in [6, 6.07) is 3.45. The molecule has 0 bridgehead atoms. The van der Waals surface area contributed by atoms with Crippen LogP contribution < -0.4 is 10.6 Å². The van der Waals surface area contributed by atoms with Gasteiger partial charge in [0.15, 0.2) is 9.84 Å². The minimum atomic E-state index is -3.09. The Bertz CT molecular complexity index is 747. The summed E-state index contributed by atoms with van der Waals surface area (Å²) in [5.41, 5.74) is 0.829. The van der Waals surface area contributed by atoms with Gasteiger partial charge in [-0.1, -0.05) is 6.07 Å². The third-order valence-corrected chi connectivity index (χ3v) is 5.72. The maximum Gasteiger partial charge on any atom is 0.228 e. The van der Waals surface area contributed by atoms with Gasteiger partial charge in [0.05, 0.1) is 17.4 Å². The number of nitrogens with one attached hydrogen (secondary N) is 2. The summed E-state index contributed by atoms with van der Waals surface area (Å²) >= 11 is 0. The lowest BCUT2D eigenvalue weighted by Gasteiger charge is -2.26. The number of halogens is 1. The predicted octanol–water partition coefficient (Wildman–Crippen LogP) is 0.555. The molecule has 1 saturated heterocycles. The van der Waals surface area contributed by atoms with E-state index < -0.39 is 33.5 Å². The molecule has 2 aliphatic rings. The molecule has 0 aromatic heterocycles. The minimum absolute atomic E-state index is 0.0378. The van der Waals surface area contributed by atoms with Gasteiger partial charge in [-0.15, -0.1) is 0 Å². The number of hydrogen-bond donors (Lipinski definition) is 2. The molecule has 2 heterocycles. The Morgan fingerprint density at radius 1 is 1.36 bits per heavy atom. The first kappa shape index (κ1) is 15.0. The molecule has 2 atom stereocenters. The zero-order valence-corrected chi connectivity index (χ0v) is 12.5. The van der Waals surface area contributed by atoms with Crippen molar-refractivity contribution in [2.24, 2.45) is 0 Å². The summed E-state index contributed by atoms with van der Waals surface area (Å²) in [6.07, 6.45) is 0.340. The molecule has 2 aliphatic heterocycles. The van der Waals surface area contributed by atoms with Crippen molar-refractivity contribution in [1.29, 1.82) is 0 Å². The standard InChI is InChI=1S/C14H15FN2O4S/c15-8-1-2-10-11(6-13(18)17-12(10)5-8)14(19)16-9-3-4-22(20,21)7-9/h1-2,5,9,11H,3-4,6-7H2,(H,16,19)(H,17,18). The Labute approximate surface area is 127 Å². The normalized spacial score (nSPS) is 26.1. The molecule has 118 valence electrons. The third kappa shape index (κ3) is 2.96. The lowest BCUT2D eigenvalue weighted by molar-refractivity contribution is -0.126. The number of hydrogen-bond acceptors (Lipinski definition) is 4. The summed E-state index contributed by atoms with van der Waals surface area (Å²) in [6.45, 7) is 0. The minimum Gasteiger partial charge on any atom is -0.352 e.